The molecule has 0 aromatic heterocycles. The van der Waals surface area contributed by atoms with E-state index in [9.17, 15) is 0 Å². The Bertz CT molecular complexity index is 1890. The Morgan fingerprint density at radius 2 is 0.267 bits per heavy atom. The minimum atomic E-state index is -0.446. The molecule has 0 bridgehead atoms. The molecule has 5 heteroatoms. The van der Waals surface area contributed by atoms with Gasteiger partial charge in [-0.1, -0.05) is 273 Å². The van der Waals surface area contributed by atoms with Crippen molar-refractivity contribution in [3.8, 4) is 0 Å². The fourth-order valence-electron chi connectivity index (χ4n) is 6.54. The van der Waals surface area contributed by atoms with Crippen molar-refractivity contribution >= 4 is 78.3 Å². The predicted octanol–water partition coefficient (Wildman–Crippen LogP) is 9.93. The third-order valence-corrected chi connectivity index (χ3v) is 16.5. The summed E-state index contributed by atoms with van der Waals surface area (Å²) in [6.07, 6.45) is 0. The first-order valence-corrected chi connectivity index (χ1v) is 23.4. The molecule has 60 heavy (non-hydrogen) atoms. The van der Waals surface area contributed by atoms with Crippen LogP contribution in [0.4, 0.5) is 0 Å². The maximum absolute atomic E-state index is 7.50. The van der Waals surface area contributed by atoms with Gasteiger partial charge in [0.2, 0.25) is 0 Å². The largest absolute Gasteiger partial charge is 0.281 e. The summed E-state index contributed by atoms with van der Waals surface area (Å²) in [7, 11) is -1.34. The third kappa shape index (κ3) is 13.2. The standard InChI is InChI=1S/3C18H15P.CO.Ni/c3*1-4-10-16(11-5-1)19(17-12-6-2-7-13-17)18-14-8-3-9-15-18;1-2;/h3*1-15H;;. The molecule has 0 fully saturated rings. The molecular weight excluding hydrogens is 828 g/mol. The molecule has 0 heterocycles. The normalized spacial score (nSPS) is 10.1. The van der Waals surface area contributed by atoms with Gasteiger partial charge in [0.15, 0.2) is 0 Å². The summed E-state index contributed by atoms with van der Waals surface area (Å²) < 4.78 is 0. The van der Waals surface area contributed by atoms with Crippen molar-refractivity contribution in [2.45, 2.75) is 0 Å². The van der Waals surface area contributed by atoms with Crippen molar-refractivity contribution in [1.29, 1.82) is 0 Å². The Morgan fingerprint density at radius 3 is 0.350 bits per heavy atom. The van der Waals surface area contributed by atoms with Crippen molar-refractivity contribution < 1.29 is 21.3 Å². The van der Waals surface area contributed by atoms with E-state index in [1.807, 2.05) is 0 Å². The Kier molecular flexibility index (Phi) is 19.6. The topological polar surface area (TPSA) is 17.1 Å². The average Bonchev–Trinajstić information content (AvgIpc) is 3.34. The molecule has 0 aliphatic rings. The number of hydrogen-bond donors (Lipinski definition) is 0. The Balaban J connectivity index is 0.000000166. The minimum absolute atomic E-state index is 0. The van der Waals surface area contributed by atoms with E-state index in [0.29, 0.717) is 0 Å². The van der Waals surface area contributed by atoms with E-state index in [2.05, 4.69) is 280 Å². The summed E-state index contributed by atoms with van der Waals surface area (Å²) in [4.78, 5) is 7.50. The maximum Gasteiger partial charge on any atom is 0.281 e. The SMILES string of the molecule is [C]=O.[Ni].c1ccc(P(c2ccccc2)c2ccccc2)cc1.c1ccc(P(c2ccccc2)c2ccccc2)cc1.c1ccc(P(c2ccccc2)c2ccccc2)cc1. The number of benzene rings is 9. The summed E-state index contributed by atoms with van der Waals surface area (Å²) in [5.41, 5.74) is 0. The minimum Gasteiger partial charge on any atom is -0.281 e. The molecule has 0 atom stereocenters. The molecule has 0 unspecified atom stereocenters. The van der Waals surface area contributed by atoms with Gasteiger partial charge in [0, 0.05) is 16.5 Å². The Labute approximate surface area is 370 Å². The summed E-state index contributed by atoms with van der Waals surface area (Å²) in [6, 6.07) is 97.0. The van der Waals surface area contributed by atoms with Crippen LogP contribution < -0.4 is 47.7 Å². The van der Waals surface area contributed by atoms with Crippen LogP contribution in [0.2, 0.25) is 0 Å². The zero-order valence-corrected chi connectivity index (χ0v) is 36.7. The molecule has 9 aromatic rings. The first-order valence-electron chi connectivity index (χ1n) is 19.4. The molecule has 0 amide bonds. The zero-order valence-electron chi connectivity index (χ0n) is 33.0. The smallest absolute Gasteiger partial charge is 0.281 e. The van der Waals surface area contributed by atoms with Crippen LogP contribution in [0, 0.1) is 0 Å². The van der Waals surface area contributed by atoms with Gasteiger partial charge in [-0.15, -0.1) is 0 Å². The summed E-state index contributed by atoms with van der Waals surface area (Å²) in [5, 5.41) is 12.6. The van der Waals surface area contributed by atoms with Gasteiger partial charge < -0.3 is 0 Å². The van der Waals surface area contributed by atoms with E-state index in [0.717, 1.165) is 0 Å². The van der Waals surface area contributed by atoms with Gasteiger partial charge in [0.05, 0.1) is 0 Å². The van der Waals surface area contributed by atoms with E-state index in [1.54, 1.807) is 0 Å². The Hall–Kier alpha value is -5.57. The molecule has 0 spiro atoms. The molecule has 0 aliphatic heterocycles. The second kappa shape index (κ2) is 25.8. The van der Waals surface area contributed by atoms with Crippen LogP contribution in [0.25, 0.3) is 0 Å². The summed E-state index contributed by atoms with van der Waals surface area (Å²) in [6.45, 7) is 4.50. The quantitative estimate of drug-likeness (QED) is 0.104. The van der Waals surface area contributed by atoms with Gasteiger partial charge in [-0.3, -0.25) is 4.79 Å². The Morgan fingerprint density at radius 1 is 0.183 bits per heavy atom. The van der Waals surface area contributed by atoms with E-state index in [-0.39, 0.29) is 16.5 Å². The predicted molar refractivity (Wildman–Crippen MR) is 261 cm³/mol. The van der Waals surface area contributed by atoms with E-state index < -0.39 is 23.8 Å². The summed E-state index contributed by atoms with van der Waals surface area (Å²) in [5.74, 6) is 0. The summed E-state index contributed by atoms with van der Waals surface area (Å²) >= 11 is 0. The number of rotatable bonds is 9. The van der Waals surface area contributed by atoms with Crippen LogP contribution in [-0.4, -0.2) is 6.79 Å². The van der Waals surface area contributed by atoms with Crippen molar-refractivity contribution in [3.05, 3.63) is 273 Å². The van der Waals surface area contributed by atoms with Gasteiger partial charge >= 0.3 is 0 Å². The monoisotopic (exact) mass is 872 g/mol. The molecule has 0 aliphatic carbocycles. The molecule has 0 saturated heterocycles. The number of hydrogen-bond acceptors (Lipinski definition) is 1. The second-order valence-electron chi connectivity index (χ2n) is 13.0. The molecule has 2 radical (unpaired) electrons. The van der Waals surface area contributed by atoms with E-state index >= 15 is 0 Å². The van der Waals surface area contributed by atoms with Gasteiger partial charge in [0.25, 0.3) is 6.79 Å². The van der Waals surface area contributed by atoms with E-state index in [4.69, 9.17) is 4.79 Å². The van der Waals surface area contributed by atoms with Crippen LogP contribution in [0.15, 0.2) is 273 Å². The molecule has 0 saturated carbocycles. The van der Waals surface area contributed by atoms with Gasteiger partial charge in [-0.2, -0.15) is 0 Å². The fraction of sp³-hybridized carbons (Fsp3) is 0. The van der Waals surface area contributed by atoms with Gasteiger partial charge in [-0.05, 0) is 71.5 Å². The van der Waals surface area contributed by atoms with Crippen molar-refractivity contribution in [2.75, 3.05) is 0 Å². The maximum atomic E-state index is 7.50. The van der Waals surface area contributed by atoms with Crippen LogP contribution in [-0.2, 0) is 21.3 Å². The van der Waals surface area contributed by atoms with Crippen LogP contribution in [0.5, 0.6) is 0 Å². The fourth-order valence-corrected chi connectivity index (χ4v) is 13.5. The molecule has 9 aromatic carbocycles. The van der Waals surface area contributed by atoms with Crippen molar-refractivity contribution in [3.63, 3.8) is 0 Å². The van der Waals surface area contributed by atoms with Crippen LogP contribution in [0.1, 0.15) is 0 Å². The van der Waals surface area contributed by atoms with Gasteiger partial charge in [-0.25, -0.2) is 0 Å². The van der Waals surface area contributed by atoms with E-state index in [1.165, 1.54) is 47.7 Å². The zero-order chi connectivity index (χ0) is 40.7. The first kappa shape index (κ1) is 45.5. The first-order chi connectivity index (χ1) is 29.3. The van der Waals surface area contributed by atoms with Crippen LogP contribution >= 0.6 is 23.8 Å². The molecule has 9 rings (SSSR count). The molecular formula is C55H45NiOP3. The average molecular weight is 874 g/mol. The molecule has 296 valence electrons. The van der Waals surface area contributed by atoms with Crippen molar-refractivity contribution in [1.82, 2.24) is 0 Å². The molecule has 1 nitrogen and oxygen atoms in total. The third-order valence-electron chi connectivity index (χ3n) is 9.13. The van der Waals surface area contributed by atoms with Crippen LogP contribution in [0.3, 0.4) is 0 Å². The second-order valence-corrected chi connectivity index (χ2v) is 19.7. The molecule has 0 N–H and O–H groups in total. The van der Waals surface area contributed by atoms with Crippen molar-refractivity contribution in [2.24, 2.45) is 0 Å². The van der Waals surface area contributed by atoms with Gasteiger partial charge in [0.1, 0.15) is 0 Å². The number of carbonyl (C=O) groups excluding carboxylic acids is 1.